The smallest absolute Gasteiger partial charge is 0.0510 e. The van der Waals surface area contributed by atoms with Crippen LogP contribution in [0.1, 0.15) is 44.7 Å². The van der Waals surface area contributed by atoms with Crippen LogP contribution in [-0.4, -0.2) is 24.0 Å². The first-order valence-electron chi connectivity index (χ1n) is 7.43. The van der Waals surface area contributed by atoms with Crippen LogP contribution in [0.3, 0.4) is 0 Å². The predicted molar refractivity (Wildman–Crippen MR) is 90.1 cm³/mol. The van der Waals surface area contributed by atoms with Crippen LogP contribution in [0.15, 0.2) is 22.7 Å². The minimum absolute atomic E-state index is 0.189. The van der Waals surface area contributed by atoms with Crippen LogP contribution in [0.2, 0.25) is 5.02 Å². The van der Waals surface area contributed by atoms with E-state index in [2.05, 4.69) is 40.7 Å². The van der Waals surface area contributed by atoms with Gasteiger partial charge in [-0.25, -0.2) is 0 Å². The molecule has 0 bridgehead atoms. The van der Waals surface area contributed by atoms with Gasteiger partial charge in [-0.05, 0) is 43.0 Å². The summed E-state index contributed by atoms with van der Waals surface area (Å²) in [5, 5.41) is 0.762. The number of likely N-dealkylation sites (tertiary alicyclic amines) is 1. The van der Waals surface area contributed by atoms with Crippen molar-refractivity contribution in [3.63, 3.8) is 0 Å². The maximum atomic E-state index is 6.49. The number of hydrogen-bond acceptors (Lipinski definition) is 2. The molecule has 1 fully saturated rings. The first-order chi connectivity index (χ1) is 9.49. The highest BCUT2D eigenvalue weighted by Crippen LogP contribution is 2.35. The van der Waals surface area contributed by atoms with Gasteiger partial charge >= 0.3 is 0 Å². The number of rotatable bonds is 3. The fourth-order valence-electron chi connectivity index (χ4n) is 3.11. The second-order valence-corrected chi connectivity index (χ2v) is 7.45. The minimum Gasteiger partial charge on any atom is -0.326 e. The van der Waals surface area contributed by atoms with E-state index in [1.54, 1.807) is 0 Å². The number of nitrogens with two attached hydrogens (primary N) is 1. The first-order valence-corrected chi connectivity index (χ1v) is 8.60. The van der Waals surface area contributed by atoms with Crippen molar-refractivity contribution in [2.75, 3.05) is 13.1 Å². The lowest BCUT2D eigenvalue weighted by Crippen LogP contribution is -2.41. The Bertz CT molecular complexity index is 450. The van der Waals surface area contributed by atoms with Crippen molar-refractivity contribution in [1.82, 2.24) is 4.90 Å². The van der Waals surface area contributed by atoms with Gasteiger partial charge in [-0.15, -0.1) is 0 Å². The molecule has 0 radical (unpaired) electrons. The van der Waals surface area contributed by atoms with Crippen molar-refractivity contribution in [3.8, 4) is 0 Å². The lowest BCUT2D eigenvalue weighted by atomic mass is 9.95. The molecule has 2 rings (SSSR count). The standard InChI is InChI=1S/C16H24BrClN2/c1-11(2)10-20-8-4-3-5-15(19)16(20)13-7-6-12(18)9-14(13)17/h6-7,9,11,15-16H,3-5,8,10,19H2,1-2H3. The highest BCUT2D eigenvalue weighted by atomic mass is 79.9. The number of benzene rings is 1. The maximum absolute atomic E-state index is 6.49. The van der Waals surface area contributed by atoms with E-state index >= 15 is 0 Å². The molecule has 0 aromatic heterocycles. The molecule has 0 saturated carbocycles. The maximum Gasteiger partial charge on any atom is 0.0510 e. The molecule has 0 aliphatic carbocycles. The Labute approximate surface area is 135 Å². The van der Waals surface area contributed by atoms with Crippen LogP contribution in [0.4, 0.5) is 0 Å². The van der Waals surface area contributed by atoms with Crippen molar-refractivity contribution < 1.29 is 0 Å². The van der Waals surface area contributed by atoms with E-state index in [0.29, 0.717) is 5.92 Å². The molecule has 0 amide bonds. The van der Waals surface area contributed by atoms with Crippen molar-refractivity contribution in [1.29, 1.82) is 0 Å². The monoisotopic (exact) mass is 358 g/mol. The molecule has 1 heterocycles. The Morgan fingerprint density at radius 1 is 1.40 bits per heavy atom. The third kappa shape index (κ3) is 3.97. The normalized spacial score (nSPS) is 24.9. The van der Waals surface area contributed by atoms with Crippen molar-refractivity contribution in [2.24, 2.45) is 11.7 Å². The summed E-state index contributed by atoms with van der Waals surface area (Å²) in [4.78, 5) is 2.55. The van der Waals surface area contributed by atoms with Crippen LogP contribution in [0.5, 0.6) is 0 Å². The average Bonchev–Trinajstić information content (AvgIpc) is 2.52. The van der Waals surface area contributed by atoms with Crippen LogP contribution < -0.4 is 5.73 Å². The van der Waals surface area contributed by atoms with E-state index in [-0.39, 0.29) is 12.1 Å². The minimum atomic E-state index is 0.189. The van der Waals surface area contributed by atoms with E-state index in [1.807, 2.05) is 12.1 Å². The van der Waals surface area contributed by atoms with E-state index in [1.165, 1.54) is 18.4 Å². The number of halogens is 2. The van der Waals surface area contributed by atoms with Gasteiger partial charge in [0.05, 0.1) is 6.04 Å². The molecule has 2 unspecified atom stereocenters. The fraction of sp³-hybridized carbons (Fsp3) is 0.625. The summed E-state index contributed by atoms with van der Waals surface area (Å²) < 4.78 is 1.07. The molecule has 2 nitrogen and oxygen atoms in total. The molecule has 4 heteroatoms. The number of nitrogens with zero attached hydrogens (tertiary/aromatic N) is 1. The second kappa shape index (κ2) is 7.26. The number of hydrogen-bond donors (Lipinski definition) is 1. The van der Waals surface area contributed by atoms with Crippen LogP contribution in [-0.2, 0) is 0 Å². The molecule has 112 valence electrons. The molecule has 1 aromatic carbocycles. The summed E-state index contributed by atoms with van der Waals surface area (Å²) in [5.41, 5.74) is 7.76. The molecular formula is C16H24BrClN2. The lowest BCUT2D eigenvalue weighted by molar-refractivity contribution is 0.165. The Kier molecular flexibility index (Phi) is 5.91. The molecule has 2 atom stereocenters. The second-order valence-electron chi connectivity index (χ2n) is 6.16. The molecule has 2 N–H and O–H groups in total. The van der Waals surface area contributed by atoms with Gasteiger partial charge in [-0.1, -0.05) is 53.9 Å². The zero-order chi connectivity index (χ0) is 14.7. The molecule has 20 heavy (non-hydrogen) atoms. The molecule has 0 spiro atoms. The summed E-state index contributed by atoms with van der Waals surface area (Å²) in [6, 6.07) is 6.53. The van der Waals surface area contributed by atoms with Crippen molar-refractivity contribution in [2.45, 2.75) is 45.2 Å². The van der Waals surface area contributed by atoms with Gasteiger partial charge in [0.1, 0.15) is 0 Å². The fourth-order valence-corrected chi connectivity index (χ4v) is 4.02. The van der Waals surface area contributed by atoms with Gasteiger partial charge in [-0.2, -0.15) is 0 Å². The van der Waals surface area contributed by atoms with Crippen molar-refractivity contribution >= 4 is 27.5 Å². The molecular weight excluding hydrogens is 336 g/mol. The van der Waals surface area contributed by atoms with E-state index in [9.17, 15) is 0 Å². The van der Waals surface area contributed by atoms with Gasteiger partial charge in [0.2, 0.25) is 0 Å². The Hall–Kier alpha value is -0.0900. The molecule has 1 saturated heterocycles. The van der Waals surface area contributed by atoms with Gasteiger partial charge in [0, 0.05) is 22.1 Å². The zero-order valence-electron chi connectivity index (χ0n) is 12.3. The topological polar surface area (TPSA) is 29.3 Å². The van der Waals surface area contributed by atoms with E-state index in [0.717, 1.165) is 29.0 Å². The molecule has 1 aliphatic rings. The quantitative estimate of drug-likeness (QED) is 0.853. The van der Waals surface area contributed by atoms with Gasteiger partial charge in [0.15, 0.2) is 0 Å². The summed E-state index contributed by atoms with van der Waals surface area (Å²) in [6.45, 7) is 6.76. The Morgan fingerprint density at radius 2 is 2.15 bits per heavy atom. The van der Waals surface area contributed by atoms with Crippen LogP contribution in [0, 0.1) is 5.92 Å². The van der Waals surface area contributed by atoms with Gasteiger partial charge in [0.25, 0.3) is 0 Å². The predicted octanol–water partition coefficient (Wildman–Crippen LogP) is 4.61. The first kappa shape index (κ1) is 16.3. The van der Waals surface area contributed by atoms with E-state index in [4.69, 9.17) is 17.3 Å². The van der Waals surface area contributed by atoms with Crippen LogP contribution >= 0.6 is 27.5 Å². The highest BCUT2D eigenvalue weighted by molar-refractivity contribution is 9.10. The summed E-state index contributed by atoms with van der Waals surface area (Å²) in [7, 11) is 0. The Morgan fingerprint density at radius 3 is 2.80 bits per heavy atom. The molecule has 1 aliphatic heterocycles. The molecule has 1 aromatic rings. The summed E-state index contributed by atoms with van der Waals surface area (Å²) >= 11 is 9.73. The average molecular weight is 360 g/mol. The zero-order valence-corrected chi connectivity index (χ0v) is 14.6. The highest BCUT2D eigenvalue weighted by Gasteiger charge is 2.30. The van der Waals surface area contributed by atoms with Gasteiger partial charge < -0.3 is 5.73 Å². The summed E-state index contributed by atoms with van der Waals surface area (Å²) in [6.07, 6.45) is 3.55. The van der Waals surface area contributed by atoms with Crippen molar-refractivity contribution in [3.05, 3.63) is 33.3 Å². The summed E-state index contributed by atoms with van der Waals surface area (Å²) in [5.74, 6) is 0.647. The Balaban J connectivity index is 2.34. The van der Waals surface area contributed by atoms with E-state index < -0.39 is 0 Å². The van der Waals surface area contributed by atoms with Crippen LogP contribution in [0.25, 0.3) is 0 Å². The third-order valence-corrected chi connectivity index (χ3v) is 4.83. The largest absolute Gasteiger partial charge is 0.326 e. The van der Waals surface area contributed by atoms with Gasteiger partial charge in [-0.3, -0.25) is 4.90 Å². The SMILES string of the molecule is CC(C)CN1CCCCC(N)C1c1ccc(Cl)cc1Br. The third-order valence-electron chi connectivity index (χ3n) is 3.91. The lowest BCUT2D eigenvalue weighted by Gasteiger charge is -2.35.